The highest BCUT2D eigenvalue weighted by molar-refractivity contribution is 5.91. The third-order valence-corrected chi connectivity index (χ3v) is 2.59. The van der Waals surface area contributed by atoms with Gasteiger partial charge in [-0.15, -0.1) is 0 Å². The van der Waals surface area contributed by atoms with Gasteiger partial charge < -0.3 is 20.5 Å². The molecule has 0 atom stereocenters. The Bertz CT molecular complexity index is 458. The van der Waals surface area contributed by atoms with Crippen molar-refractivity contribution in [3.05, 3.63) is 29.8 Å². The predicted octanol–water partition coefficient (Wildman–Crippen LogP) is 1.57. The van der Waals surface area contributed by atoms with Crippen molar-refractivity contribution in [2.24, 2.45) is 5.73 Å². The van der Waals surface area contributed by atoms with Gasteiger partial charge in [0.2, 0.25) is 5.91 Å². The van der Waals surface area contributed by atoms with Gasteiger partial charge in [-0.3, -0.25) is 4.79 Å². The average Bonchev–Trinajstić information content (AvgIpc) is 2.46. The smallest absolute Gasteiger partial charge is 0.243 e. The van der Waals surface area contributed by atoms with Gasteiger partial charge in [-0.05, 0) is 43.7 Å². The van der Waals surface area contributed by atoms with Gasteiger partial charge in [0, 0.05) is 12.6 Å². The van der Waals surface area contributed by atoms with Crippen LogP contribution in [0.3, 0.4) is 0 Å². The molecule has 0 bridgehead atoms. The molecule has 0 aliphatic rings. The van der Waals surface area contributed by atoms with Crippen molar-refractivity contribution in [3.63, 3.8) is 0 Å². The van der Waals surface area contributed by atoms with E-state index in [2.05, 4.69) is 5.32 Å². The van der Waals surface area contributed by atoms with Crippen LogP contribution in [-0.2, 0) is 4.79 Å². The van der Waals surface area contributed by atoms with E-state index < -0.39 is 0 Å². The SMILES string of the molecule is CCOc1ccc(/C=C/C(=O)NCCCN)cc1OC. The fourth-order valence-corrected chi connectivity index (χ4v) is 1.61. The summed E-state index contributed by atoms with van der Waals surface area (Å²) >= 11 is 0. The number of ether oxygens (including phenoxy) is 2. The molecule has 1 rings (SSSR count). The van der Waals surface area contributed by atoms with E-state index in [0.717, 1.165) is 12.0 Å². The predicted molar refractivity (Wildman–Crippen MR) is 79.9 cm³/mol. The molecular formula is C15H22N2O3. The van der Waals surface area contributed by atoms with E-state index in [1.165, 1.54) is 6.08 Å². The maximum atomic E-state index is 11.5. The number of hydrogen-bond acceptors (Lipinski definition) is 4. The highest BCUT2D eigenvalue weighted by atomic mass is 16.5. The summed E-state index contributed by atoms with van der Waals surface area (Å²) in [6.07, 6.45) is 4.00. The number of benzene rings is 1. The summed E-state index contributed by atoms with van der Waals surface area (Å²) in [7, 11) is 1.59. The Morgan fingerprint density at radius 2 is 2.20 bits per heavy atom. The van der Waals surface area contributed by atoms with Crippen molar-refractivity contribution in [2.75, 3.05) is 26.8 Å². The van der Waals surface area contributed by atoms with Crippen molar-refractivity contribution >= 4 is 12.0 Å². The van der Waals surface area contributed by atoms with Gasteiger partial charge in [0.05, 0.1) is 13.7 Å². The molecule has 1 aromatic carbocycles. The number of hydrogen-bond donors (Lipinski definition) is 2. The number of rotatable bonds is 8. The fraction of sp³-hybridized carbons (Fsp3) is 0.400. The van der Waals surface area contributed by atoms with Crippen LogP contribution in [0.4, 0.5) is 0 Å². The van der Waals surface area contributed by atoms with Gasteiger partial charge >= 0.3 is 0 Å². The van der Waals surface area contributed by atoms with Crippen LogP contribution in [0.15, 0.2) is 24.3 Å². The zero-order valence-electron chi connectivity index (χ0n) is 12.0. The second-order valence-corrected chi connectivity index (χ2v) is 4.11. The minimum Gasteiger partial charge on any atom is -0.493 e. The zero-order chi connectivity index (χ0) is 14.8. The Balaban J connectivity index is 2.65. The highest BCUT2D eigenvalue weighted by Crippen LogP contribution is 2.28. The van der Waals surface area contributed by atoms with E-state index in [4.69, 9.17) is 15.2 Å². The van der Waals surface area contributed by atoms with Crippen molar-refractivity contribution in [1.29, 1.82) is 0 Å². The maximum absolute atomic E-state index is 11.5. The standard InChI is InChI=1S/C15H22N2O3/c1-3-20-13-7-5-12(11-14(13)19-2)6-8-15(18)17-10-4-9-16/h5-8,11H,3-4,9-10,16H2,1-2H3,(H,17,18)/b8-6+. The van der Waals surface area contributed by atoms with Gasteiger partial charge in [0.25, 0.3) is 0 Å². The van der Waals surface area contributed by atoms with Crippen LogP contribution >= 0.6 is 0 Å². The maximum Gasteiger partial charge on any atom is 0.243 e. The summed E-state index contributed by atoms with van der Waals surface area (Å²) in [5, 5.41) is 2.75. The quantitative estimate of drug-likeness (QED) is 0.559. The summed E-state index contributed by atoms with van der Waals surface area (Å²) < 4.78 is 10.7. The first-order valence-corrected chi connectivity index (χ1v) is 6.68. The molecule has 1 aromatic rings. The lowest BCUT2D eigenvalue weighted by molar-refractivity contribution is -0.116. The van der Waals surface area contributed by atoms with E-state index in [9.17, 15) is 4.79 Å². The van der Waals surface area contributed by atoms with E-state index in [0.29, 0.717) is 31.2 Å². The topological polar surface area (TPSA) is 73.6 Å². The third kappa shape index (κ3) is 5.32. The largest absolute Gasteiger partial charge is 0.493 e. The third-order valence-electron chi connectivity index (χ3n) is 2.59. The number of carbonyl (C=O) groups is 1. The second-order valence-electron chi connectivity index (χ2n) is 4.11. The van der Waals surface area contributed by atoms with Crippen LogP contribution in [0.5, 0.6) is 11.5 Å². The molecule has 0 spiro atoms. The van der Waals surface area contributed by atoms with Crippen LogP contribution in [0, 0.1) is 0 Å². The van der Waals surface area contributed by atoms with E-state index >= 15 is 0 Å². The molecule has 5 nitrogen and oxygen atoms in total. The molecule has 0 fully saturated rings. The van der Waals surface area contributed by atoms with Crippen LogP contribution in [0.1, 0.15) is 18.9 Å². The Morgan fingerprint density at radius 3 is 2.85 bits per heavy atom. The summed E-state index contributed by atoms with van der Waals surface area (Å²) in [4.78, 5) is 11.5. The van der Waals surface area contributed by atoms with Crippen LogP contribution in [-0.4, -0.2) is 32.7 Å². The second kappa shape index (κ2) is 8.98. The molecule has 5 heteroatoms. The molecule has 110 valence electrons. The average molecular weight is 278 g/mol. The lowest BCUT2D eigenvalue weighted by atomic mass is 10.2. The normalized spacial score (nSPS) is 10.6. The Hall–Kier alpha value is -2.01. The zero-order valence-corrected chi connectivity index (χ0v) is 12.0. The van der Waals surface area contributed by atoms with Gasteiger partial charge in [0.15, 0.2) is 11.5 Å². The van der Waals surface area contributed by atoms with Gasteiger partial charge in [-0.2, -0.15) is 0 Å². The van der Waals surface area contributed by atoms with Crippen LogP contribution in [0.2, 0.25) is 0 Å². The van der Waals surface area contributed by atoms with E-state index in [1.54, 1.807) is 13.2 Å². The number of amides is 1. The van der Waals surface area contributed by atoms with Gasteiger partial charge in [-0.25, -0.2) is 0 Å². The molecule has 0 unspecified atom stereocenters. The number of carbonyl (C=O) groups excluding carboxylic acids is 1. The molecule has 0 heterocycles. The van der Waals surface area contributed by atoms with Crippen molar-refractivity contribution in [1.82, 2.24) is 5.32 Å². The fourth-order valence-electron chi connectivity index (χ4n) is 1.61. The minimum absolute atomic E-state index is 0.133. The number of methoxy groups -OCH3 is 1. The lowest BCUT2D eigenvalue weighted by Crippen LogP contribution is -2.23. The summed E-state index contributed by atoms with van der Waals surface area (Å²) in [6.45, 7) is 3.65. The molecule has 3 N–H and O–H groups in total. The van der Waals surface area contributed by atoms with Gasteiger partial charge in [-0.1, -0.05) is 6.07 Å². The first-order chi connectivity index (χ1) is 9.71. The van der Waals surface area contributed by atoms with E-state index in [-0.39, 0.29) is 5.91 Å². The lowest BCUT2D eigenvalue weighted by Gasteiger charge is -2.09. The van der Waals surface area contributed by atoms with E-state index in [1.807, 2.05) is 25.1 Å². The molecule has 0 saturated carbocycles. The molecular weight excluding hydrogens is 256 g/mol. The first-order valence-electron chi connectivity index (χ1n) is 6.68. The van der Waals surface area contributed by atoms with Crippen LogP contribution < -0.4 is 20.5 Å². The molecule has 0 radical (unpaired) electrons. The highest BCUT2D eigenvalue weighted by Gasteiger charge is 2.04. The molecule has 20 heavy (non-hydrogen) atoms. The molecule has 1 amide bonds. The number of nitrogens with two attached hydrogens (primary N) is 1. The number of nitrogens with one attached hydrogen (secondary N) is 1. The molecule has 0 aliphatic heterocycles. The summed E-state index contributed by atoms with van der Waals surface area (Å²) in [6, 6.07) is 5.53. The first kappa shape index (κ1) is 16.0. The minimum atomic E-state index is -0.133. The summed E-state index contributed by atoms with van der Waals surface area (Å²) in [5.41, 5.74) is 6.23. The van der Waals surface area contributed by atoms with Crippen molar-refractivity contribution in [2.45, 2.75) is 13.3 Å². The monoisotopic (exact) mass is 278 g/mol. The van der Waals surface area contributed by atoms with Crippen molar-refractivity contribution < 1.29 is 14.3 Å². The Labute approximate surface area is 119 Å². The molecule has 0 saturated heterocycles. The van der Waals surface area contributed by atoms with Crippen molar-refractivity contribution in [3.8, 4) is 11.5 Å². The summed E-state index contributed by atoms with van der Waals surface area (Å²) in [5.74, 6) is 1.21. The van der Waals surface area contributed by atoms with Gasteiger partial charge in [0.1, 0.15) is 0 Å². The Kier molecular flexibility index (Phi) is 7.21. The molecule has 0 aromatic heterocycles. The Morgan fingerprint density at radius 1 is 1.40 bits per heavy atom. The van der Waals surface area contributed by atoms with Crippen LogP contribution in [0.25, 0.3) is 6.08 Å². The molecule has 0 aliphatic carbocycles.